The zero-order chi connectivity index (χ0) is 18.6. The molecule has 0 unspecified atom stereocenters. The van der Waals surface area contributed by atoms with E-state index in [0.29, 0.717) is 19.4 Å². The number of nitrogens with one attached hydrogen (secondary N) is 1. The molecular formula is C22H29NO3. The van der Waals surface area contributed by atoms with E-state index in [2.05, 4.69) is 12.2 Å². The van der Waals surface area contributed by atoms with Gasteiger partial charge < -0.3 is 14.8 Å². The third-order valence-corrected chi connectivity index (χ3v) is 4.03. The highest BCUT2D eigenvalue weighted by atomic mass is 16.5. The maximum atomic E-state index is 12.1. The van der Waals surface area contributed by atoms with E-state index in [1.807, 2.05) is 55.5 Å². The molecule has 1 N–H and O–H groups in total. The van der Waals surface area contributed by atoms with Crippen LogP contribution in [0.25, 0.3) is 0 Å². The van der Waals surface area contributed by atoms with Gasteiger partial charge in [0, 0.05) is 12.1 Å². The molecule has 0 aromatic heterocycles. The topological polar surface area (TPSA) is 47.6 Å². The van der Waals surface area contributed by atoms with Gasteiger partial charge >= 0.3 is 0 Å². The Balaban J connectivity index is 1.73. The van der Waals surface area contributed by atoms with Crippen molar-refractivity contribution in [1.29, 1.82) is 0 Å². The summed E-state index contributed by atoms with van der Waals surface area (Å²) in [6.45, 7) is 5.53. The van der Waals surface area contributed by atoms with E-state index in [1.165, 1.54) is 12.8 Å². The fourth-order valence-electron chi connectivity index (χ4n) is 2.58. The minimum Gasteiger partial charge on any atom is -0.494 e. The van der Waals surface area contributed by atoms with Crippen molar-refractivity contribution in [2.75, 3.05) is 18.5 Å². The summed E-state index contributed by atoms with van der Waals surface area (Å²) < 4.78 is 11.1. The Morgan fingerprint density at radius 1 is 0.885 bits per heavy atom. The summed E-state index contributed by atoms with van der Waals surface area (Å²) in [5.41, 5.74) is 1.92. The summed E-state index contributed by atoms with van der Waals surface area (Å²) >= 11 is 0. The highest BCUT2D eigenvalue weighted by Gasteiger charge is 2.04. The van der Waals surface area contributed by atoms with Gasteiger partial charge in [0.25, 0.3) is 0 Å². The number of hydrogen-bond donors (Lipinski definition) is 1. The maximum Gasteiger partial charge on any atom is 0.224 e. The molecule has 2 aromatic rings. The van der Waals surface area contributed by atoms with Crippen LogP contribution in [0.4, 0.5) is 5.69 Å². The molecule has 0 heterocycles. The number of hydrogen-bond acceptors (Lipinski definition) is 3. The van der Waals surface area contributed by atoms with Crippen LogP contribution in [0.15, 0.2) is 48.5 Å². The number of rotatable bonds is 11. The van der Waals surface area contributed by atoms with E-state index >= 15 is 0 Å². The summed E-state index contributed by atoms with van der Waals surface area (Å²) in [5, 5.41) is 2.93. The average Bonchev–Trinajstić information content (AvgIpc) is 2.66. The van der Waals surface area contributed by atoms with Crippen molar-refractivity contribution in [1.82, 2.24) is 0 Å². The Hall–Kier alpha value is -2.49. The predicted octanol–water partition coefficient (Wildman–Crippen LogP) is 5.23. The van der Waals surface area contributed by atoms with Crippen molar-refractivity contribution in [3.05, 3.63) is 54.1 Å². The second kappa shape index (κ2) is 11.2. The smallest absolute Gasteiger partial charge is 0.224 e. The van der Waals surface area contributed by atoms with Gasteiger partial charge in [0.1, 0.15) is 11.5 Å². The first-order valence-corrected chi connectivity index (χ1v) is 9.45. The van der Waals surface area contributed by atoms with Crippen LogP contribution < -0.4 is 14.8 Å². The molecule has 0 aliphatic carbocycles. The number of carbonyl (C=O) groups excluding carboxylic acids is 1. The van der Waals surface area contributed by atoms with Gasteiger partial charge in [0.05, 0.1) is 13.2 Å². The second-order valence-corrected chi connectivity index (χ2v) is 6.21. The minimum absolute atomic E-state index is 0.00972. The third kappa shape index (κ3) is 7.18. The van der Waals surface area contributed by atoms with Crippen LogP contribution in [0.2, 0.25) is 0 Å². The molecule has 4 nitrogen and oxygen atoms in total. The molecule has 140 valence electrons. The van der Waals surface area contributed by atoms with Crippen LogP contribution >= 0.6 is 0 Å². The molecule has 0 saturated heterocycles. The average molecular weight is 355 g/mol. The molecule has 0 radical (unpaired) electrons. The Morgan fingerprint density at radius 3 is 2.19 bits per heavy atom. The minimum atomic E-state index is 0.00972. The molecule has 0 bridgehead atoms. The fourth-order valence-corrected chi connectivity index (χ4v) is 2.58. The van der Waals surface area contributed by atoms with E-state index in [9.17, 15) is 4.79 Å². The Labute approximate surface area is 156 Å². The zero-order valence-corrected chi connectivity index (χ0v) is 15.8. The number of anilines is 1. The Bertz CT molecular complexity index is 650. The lowest BCUT2D eigenvalue weighted by Crippen LogP contribution is -2.12. The molecule has 0 saturated carbocycles. The molecule has 2 rings (SSSR count). The van der Waals surface area contributed by atoms with Crippen molar-refractivity contribution in [3.63, 3.8) is 0 Å². The number of amides is 1. The van der Waals surface area contributed by atoms with Gasteiger partial charge in [-0.25, -0.2) is 0 Å². The van der Waals surface area contributed by atoms with Gasteiger partial charge in [0.15, 0.2) is 0 Å². The summed E-state index contributed by atoms with van der Waals surface area (Å²) in [4.78, 5) is 12.1. The van der Waals surface area contributed by atoms with Crippen molar-refractivity contribution >= 4 is 11.6 Å². The Kier molecular flexibility index (Phi) is 8.53. The van der Waals surface area contributed by atoms with Gasteiger partial charge in [-0.05, 0) is 61.7 Å². The molecule has 0 aliphatic heterocycles. The van der Waals surface area contributed by atoms with E-state index in [1.54, 1.807) is 0 Å². The first-order chi connectivity index (χ1) is 12.7. The van der Waals surface area contributed by atoms with Gasteiger partial charge in [-0.15, -0.1) is 0 Å². The van der Waals surface area contributed by atoms with Gasteiger partial charge in [0.2, 0.25) is 5.91 Å². The van der Waals surface area contributed by atoms with Crippen LogP contribution in [0.1, 0.15) is 45.1 Å². The lowest BCUT2D eigenvalue weighted by molar-refractivity contribution is -0.116. The van der Waals surface area contributed by atoms with Crippen molar-refractivity contribution in [3.8, 4) is 11.5 Å². The Morgan fingerprint density at radius 2 is 1.54 bits per heavy atom. The summed E-state index contributed by atoms with van der Waals surface area (Å²) in [6.07, 6.45) is 4.59. The number of ether oxygens (including phenoxy) is 2. The van der Waals surface area contributed by atoms with Crippen LogP contribution in [0.3, 0.4) is 0 Å². The summed E-state index contributed by atoms with van der Waals surface area (Å²) in [5.74, 6) is 1.71. The zero-order valence-electron chi connectivity index (χ0n) is 15.8. The van der Waals surface area contributed by atoms with Crippen LogP contribution in [-0.4, -0.2) is 19.1 Å². The lowest BCUT2D eigenvalue weighted by atomic mass is 10.1. The molecule has 0 spiro atoms. The first-order valence-electron chi connectivity index (χ1n) is 9.45. The van der Waals surface area contributed by atoms with E-state index < -0.39 is 0 Å². The van der Waals surface area contributed by atoms with E-state index in [-0.39, 0.29) is 5.91 Å². The highest BCUT2D eigenvalue weighted by Crippen LogP contribution is 2.17. The maximum absolute atomic E-state index is 12.1. The predicted molar refractivity (Wildman–Crippen MR) is 106 cm³/mol. The van der Waals surface area contributed by atoms with Crippen molar-refractivity contribution in [2.45, 2.75) is 46.0 Å². The lowest BCUT2D eigenvalue weighted by Gasteiger charge is -2.09. The van der Waals surface area contributed by atoms with Crippen LogP contribution in [-0.2, 0) is 11.2 Å². The molecule has 0 aliphatic rings. The number of benzene rings is 2. The van der Waals surface area contributed by atoms with Gasteiger partial charge in [-0.2, -0.15) is 0 Å². The molecular weight excluding hydrogens is 326 g/mol. The number of aryl methyl sites for hydroxylation is 1. The fraction of sp³-hybridized carbons (Fsp3) is 0.409. The number of unbranched alkanes of at least 4 members (excludes halogenated alkanes) is 2. The summed E-state index contributed by atoms with van der Waals surface area (Å²) in [6, 6.07) is 15.4. The number of carbonyl (C=O) groups is 1. The quantitative estimate of drug-likeness (QED) is 0.562. The second-order valence-electron chi connectivity index (χ2n) is 6.21. The summed E-state index contributed by atoms with van der Waals surface area (Å²) in [7, 11) is 0. The SMILES string of the molecule is CCCCCOc1ccc(NC(=O)CCc2ccc(OCC)cc2)cc1. The monoisotopic (exact) mass is 355 g/mol. The van der Waals surface area contributed by atoms with Crippen molar-refractivity contribution < 1.29 is 14.3 Å². The van der Waals surface area contributed by atoms with E-state index in [0.717, 1.165) is 35.8 Å². The van der Waals surface area contributed by atoms with Crippen LogP contribution in [0.5, 0.6) is 11.5 Å². The van der Waals surface area contributed by atoms with E-state index in [4.69, 9.17) is 9.47 Å². The normalized spacial score (nSPS) is 10.4. The van der Waals surface area contributed by atoms with Gasteiger partial charge in [-0.1, -0.05) is 31.9 Å². The molecule has 1 amide bonds. The standard InChI is InChI=1S/C22H29NO3/c1-3-5-6-17-26-21-14-10-19(11-15-21)23-22(24)16-9-18-7-12-20(13-8-18)25-4-2/h7-8,10-15H,3-6,9,16-17H2,1-2H3,(H,23,24). The molecule has 0 fully saturated rings. The molecule has 26 heavy (non-hydrogen) atoms. The van der Waals surface area contributed by atoms with Crippen LogP contribution in [0, 0.1) is 0 Å². The largest absolute Gasteiger partial charge is 0.494 e. The first kappa shape index (κ1) is 19.8. The highest BCUT2D eigenvalue weighted by molar-refractivity contribution is 5.90. The van der Waals surface area contributed by atoms with Crippen molar-refractivity contribution in [2.24, 2.45) is 0 Å². The molecule has 4 heteroatoms. The van der Waals surface area contributed by atoms with Gasteiger partial charge in [-0.3, -0.25) is 4.79 Å². The molecule has 0 atom stereocenters. The third-order valence-electron chi connectivity index (χ3n) is 4.03. The molecule has 2 aromatic carbocycles.